The SMILES string of the molecule is CC(C)(CCCCCCCCCCCCCCCCO)C(=O)O. The molecule has 0 fully saturated rings. The molecule has 0 amide bonds. The quantitative estimate of drug-likeness (QED) is 0.325. The van der Waals surface area contributed by atoms with Gasteiger partial charge < -0.3 is 10.2 Å². The zero-order valence-corrected chi connectivity index (χ0v) is 15.6. The van der Waals surface area contributed by atoms with Gasteiger partial charge in [0.05, 0.1) is 5.41 Å². The third-order valence-corrected chi connectivity index (χ3v) is 4.79. The molecule has 0 spiro atoms. The molecule has 0 aliphatic heterocycles. The van der Waals surface area contributed by atoms with E-state index in [9.17, 15) is 4.79 Å². The average molecular weight is 329 g/mol. The number of carbonyl (C=O) groups is 1. The first kappa shape index (κ1) is 22.4. The number of aliphatic hydroxyl groups excluding tert-OH is 1. The molecule has 0 aliphatic rings. The summed E-state index contributed by atoms with van der Waals surface area (Å²) in [4.78, 5) is 11.0. The third kappa shape index (κ3) is 14.7. The normalized spacial score (nSPS) is 11.8. The number of carboxylic acids is 1. The van der Waals surface area contributed by atoms with E-state index < -0.39 is 11.4 Å². The van der Waals surface area contributed by atoms with Crippen LogP contribution >= 0.6 is 0 Å². The van der Waals surface area contributed by atoms with Crippen LogP contribution in [-0.4, -0.2) is 22.8 Å². The Bertz CT molecular complexity index is 274. The highest BCUT2D eigenvalue weighted by atomic mass is 16.4. The fourth-order valence-electron chi connectivity index (χ4n) is 2.91. The lowest BCUT2D eigenvalue weighted by Crippen LogP contribution is -2.23. The predicted molar refractivity (Wildman–Crippen MR) is 97.8 cm³/mol. The maximum Gasteiger partial charge on any atom is 0.309 e. The van der Waals surface area contributed by atoms with Gasteiger partial charge in [0.15, 0.2) is 0 Å². The summed E-state index contributed by atoms with van der Waals surface area (Å²) in [7, 11) is 0. The van der Waals surface area contributed by atoms with Crippen molar-refractivity contribution in [2.45, 2.75) is 110 Å². The summed E-state index contributed by atoms with van der Waals surface area (Å²) >= 11 is 0. The smallest absolute Gasteiger partial charge is 0.309 e. The first-order chi connectivity index (χ1) is 11.0. The minimum atomic E-state index is -0.675. The van der Waals surface area contributed by atoms with Crippen LogP contribution in [0.25, 0.3) is 0 Å². The van der Waals surface area contributed by atoms with Crippen molar-refractivity contribution in [2.75, 3.05) is 6.61 Å². The lowest BCUT2D eigenvalue weighted by molar-refractivity contribution is -0.147. The molecule has 0 aromatic carbocycles. The lowest BCUT2D eigenvalue weighted by Gasteiger charge is -2.18. The second-order valence-corrected chi connectivity index (χ2v) is 7.61. The van der Waals surface area contributed by atoms with Gasteiger partial charge in [-0.2, -0.15) is 0 Å². The van der Waals surface area contributed by atoms with Crippen molar-refractivity contribution in [2.24, 2.45) is 5.41 Å². The lowest BCUT2D eigenvalue weighted by atomic mass is 9.87. The molecule has 2 N–H and O–H groups in total. The van der Waals surface area contributed by atoms with Gasteiger partial charge in [0.25, 0.3) is 0 Å². The molecular weight excluding hydrogens is 288 g/mol. The van der Waals surface area contributed by atoms with E-state index in [1.54, 1.807) is 0 Å². The molecule has 3 nitrogen and oxygen atoms in total. The van der Waals surface area contributed by atoms with Gasteiger partial charge in [-0.1, -0.05) is 83.5 Å². The number of aliphatic carboxylic acids is 1. The summed E-state index contributed by atoms with van der Waals surface area (Å²) in [6.45, 7) is 3.99. The first-order valence-electron chi connectivity index (χ1n) is 9.85. The Morgan fingerprint density at radius 3 is 1.26 bits per heavy atom. The Morgan fingerprint density at radius 1 is 0.652 bits per heavy atom. The average Bonchev–Trinajstić information content (AvgIpc) is 2.51. The van der Waals surface area contributed by atoms with Crippen LogP contribution < -0.4 is 0 Å². The van der Waals surface area contributed by atoms with Crippen LogP contribution in [0, 0.1) is 5.41 Å². The molecule has 0 aliphatic carbocycles. The third-order valence-electron chi connectivity index (χ3n) is 4.79. The minimum Gasteiger partial charge on any atom is -0.481 e. The van der Waals surface area contributed by atoms with Crippen LogP contribution in [0.4, 0.5) is 0 Å². The maximum absolute atomic E-state index is 11.0. The molecule has 0 unspecified atom stereocenters. The summed E-state index contributed by atoms with van der Waals surface area (Å²) in [6.07, 6.45) is 18.4. The number of hydrogen-bond acceptors (Lipinski definition) is 2. The highest BCUT2D eigenvalue weighted by Crippen LogP contribution is 2.24. The Morgan fingerprint density at radius 2 is 0.957 bits per heavy atom. The van der Waals surface area contributed by atoms with Gasteiger partial charge in [0, 0.05) is 6.61 Å². The van der Waals surface area contributed by atoms with Crippen molar-refractivity contribution >= 4 is 5.97 Å². The first-order valence-corrected chi connectivity index (χ1v) is 9.85. The van der Waals surface area contributed by atoms with Gasteiger partial charge in [-0.15, -0.1) is 0 Å². The van der Waals surface area contributed by atoms with Gasteiger partial charge in [0.1, 0.15) is 0 Å². The Kier molecular flexibility index (Phi) is 14.6. The highest BCUT2D eigenvalue weighted by Gasteiger charge is 2.25. The van der Waals surface area contributed by atoms with Gasteiger partial charge in [-0.25, -0.2) is 0 Å². The largest absolute Gasteiger partial charge is 0.481 e. The molecule has 0 radical (unpaired) electrons. The molecule has 3 heteroatoms. The molecule has 0 bridgehead atoms. The fourth-order valence-corrected chi connectivity index (χ4v) is 2.91. The van der Waals surface area contributed by atoms with Gasteiger partial charge in [-0.3, -0.25) is 4.79 Å². The molecule has 138 valence electrons. The van der Waals surface area contributed by atoms with E-state index in [0.717, 1.165) is 19.3 Å². The van der Waals surface area contributed by atoms with Crippen LogP contribution in [0.2, 0.25) is 0 Å². The van der Waals surface area contributed by atoms with Crippen molar-refractivity contribution in [3.8, 4) is 0 Å². The number of unbranched alkanes of at least 4 members (excludes halogenated alkanes) is 13. The van der Waals surface area contributed by atoms with Crippen molar-refractivity contribution in [1.29, 1.82) is 0 Å². The molecule has 0 rings (SSSR count). The zero-order chi connectivity index (χ0) is 17.4. The van der Waals surface area contributed by atoms with E-state index in [-0.39, 0.29) is 0 Å². The molecule has 0 atom stereocenters. The van der Waals surface area contributed by atoms with Crippen molar-refractivity contribution in [3.05, 3.63) is 0 Å². The molecule has 0 aromatic heterocycles. The van der Waals surface area contributed by atoms with Gasteiger partial charge >= 0.3 is 5.97 Å². The van der Waals surface area contributed by atoms with E-state index in [1.807, 2.05) is 13.8 Å². The topological polar surface area (TPSA) is 57.5 Å². The summed E-state index contributed by atoms with van der Waals surface area (Å²) in [5, 5.41) is 17.7. The van der Waals surface area contributed by atoms with E-state index in [0.29, 0.717) is 6.61 Å². The van der Waals surface area contributed by atoms with E-state index in [4.69, 9.17) is 10.2 Å². The number of hydrogen-bond donors (Lipinski definition) is 2. The van der Waals surface area contributed by atoms with E-state index in [1.165, 1.54) is 77.0 Å². The van der Waals surface area contributed by atoms with Crippen LogP contribution in [0.3, 0.4) is 0 Å². The van der Waals surface area contributed by atoms with Crippen LogP contribution in [0.5, 0.6) is 0 Å². The monoisotopic (exact) mass is 328 g/mol. The molecule has 0 heterocycles. The molecular formula is C20H40O3. The summed E-state index contributed by atoms with van der Waals surface area (Å²) in [5.74, 6) is -0.675. The molecule has 0 saturated carbocycles. The van der Waals surface area contributed by atoms with Gasteiger partial charge in [0.2, 0.25) is 0 Å². The minimum absolute atomic E-state index is 0.345. The molecule has 0 saturated heterocycles. The van der Waals surface area contributed by atoms with Crippen LogP contribution in [0.15, 0.2) is 0 Å². The Balaban J connectivity index is 3.15. The maximum atomic E-state index is 11.0. The van der Waals surface area contributed by atoms with Crippen LogP contribution in [0.1, 0.15) is 110 Å². The van der Waals surface area contributed by atoms with E-state index in [2.05, 4.69) is 0 Å². The summed E-state index contributed by atoms with van der Waals surface area (Å²) in [6, 6.07) is 0. The Hall–Kier alpha value is -0.570. The zero-order valence-electron chi connectivity index (χ0n) is 15.6. The fraction of sp³-hybridized carbons (Fsp3) is 0.950. The van der Waals surface area contributed by atoms with E-state index >= 15 is 0 Å². The van der Waals surface area contributed by atoms with Crippen molar-refractivity contribution in [1.82, 2.24) is 0 Å². The predicted octanol–water partition coefficient (Wildman–Crippen LogP) is 5.94. The summed E-state index contributed by atoms with van der Waals surface area (Å²) in [5.41, 5.74) is -0.557. The van der Waals surface area contributed by atoms with Crippen LogP contribution in [-0.2, 0) is 4.79 Å². The molecule has 23 heavy (non-hydrogen) atoms. The second-order valence-electron chi connectivity index (χ2n) is 7.61. The second kappa shape index (κ2) is 15.0. The summed E-state index contributed by atoms with van der Waals surface area (Å²) < 4.78 is 0. The van der Waals surface area contributed by atoms with Crippen molar-refractivity contribution < 1.29 is 15.0 Å². The number of aliphatic hydroxyl groups is 1. The van der Waals surface area contributed by atoms with Gasteiger partial charge in [-0.05, 0) is 26.7 Å². The highest BCUT2D eigenvalue weighted by molar-refractivity contribution is 5.73. The standard InChI is InChI=1S/C20H40O3/c1-20(2,19(22)23)17-15-13-11-9-7-5-3-4-6-8-10-12-14-16-18-21/h21H,3-18H2,1-2H3,(H,22,23). The van der Waals surface area contributed by atoms with Crippen molar-refractivity contribution in [3.63, 3.8) is 0 Å². The number of carboxylic acid groups (broad SMARTS) is 1. The Labute approximate surface area is 143 Å². The molecule has 0 aromatic rings. The number of rotatable bonds is 17.